The standard InChI is InChI=1S/C43H82O6/c1-5-7-9-11-12-13-16-21-24-28-32-36-43(46)49-40(37-47-41(44)34-30-25-10-8-6-2)38-48-42(45)35-31-27-23-20-18-15-14-17-19-22-26-29-33-39(3)4/h39-40H,5-38H2,1-4H3/t40-/m0/s1. The normalized spacial score (nSPS) is 11.9. The lowest BCUT2D eigenvalue weighted by Gasteiger charge is -2.18. The van der Waals surface area contributed by atoms with E-state index in [0.717, 1.165) is 70.1 Å². The number of carbonyl (C=O) groups excluding carboxylic acids is 3. The second kappa shape index (κ2) is 37.7. The van der Waals surface area contributed by atoms with Crippen LogP contribution in [0.5, 0.6) is 0 Å². The number of hydrogen-bond donors (Lipinski definition) is 0. The molecule has 1 atom stereocenters. The van der Waals surface area contributed by atoms with E-state index >= 15 is 0 Å². The highest BCUT2D eigenvalue weighted by Gasteiger charge is 2.19. The van der Waals surface area contributed by atoms with Gasteiger partial charge in [0, 0.05) is 19.3 Å². The lowest BCUT2D eigenvalue weighted by molar-refractivity contribution is -0.167. The second-order valence-electron chi connectivity index (χ2n) is 15.1. The molecule has 0 saturated heterocycles. The fourth-order valence-electron chi connectivity index (χ4n) is 6.27. The van der Waals surface area contributed by atoms with E-state index < -0.39 is 6.10 Å². The molecule has 0 unspecified atom stereocenters. The number of hydrogen-bond acceptors (Lipinski definition) is 6. The number of esters is 3. The van der Waals surface area contributed by atoms with E-state index in [0.29, 0.717) is 19.3 Å². The van der Waals surface area contributed by atoms with Crippen LogP contribution in [0.1, 0.15) is 233 Å². The summed E-state index contributed by atoms with van der Waals surface area (Å²) in [4.78, 5) is 37.3. The van der Waals surface area contributed by atoms with Gasteiger partial charge < -0.3 is 14.2 Å². The van der Waals surface area contributed by atoms with Crippen LogP contribution in [0.15, 0.2) is 0 Å². The summed E-state index contributed by atoms with van der Waals surface area (Å²) in [7, 11) is 0. The maximum atomic E-state index is 12.6. The van der Waals surface area contributed by atoms with Crippen molar-refractivity contribution in [1.82, 2.24) is 0 Å². The van der Waals surface area contributed by atoms with Gasteiger partial charge in [-0.1, -0.05) is 195 Å². The van der Waals surface area contributed by atoms with Gasteiger partial charge in [0.1, 0.15) is 13.2 Å². The Labute approximate surface area is 304 Å². The quantitative estimate of drug-likeness (QED) is 0.0364. The zero-order chi connectivity index (χ0) is 36.0. The maximum Gasteiger partial charge on any atom is 0.306 e. The molecule has 0 rings (SSSR count). The van der Waals surface area contributed by atoms with Crippen LogP contribution in [0.25, 0.3) is 0 Å². The van der Waals surface area contributed by atoms with E-state index in [9.17, 15) is 14.4 Å². The molecular weight excluding hydrogens is 612 g/mol. The molecule has 0 aromatic rings. The van der Waals surface area contributed by atoms with Crippen LogP contribution in [0.3, 0.4) is 0 Å². The third-order valence-corrected chi connectivity index (χ3v) is 9.54. The first-order valence-electron chi connectivity index (χ1n) is 21.4. The third-order valence-electron chi connectivity index (χ3n) is 9.54. The Hall–Kier alpha value is -1.59. The smallest absolute Gasteiger partial charge is 0.306 e. The predicted octanol–water partition coefficient (Wildman–Crippen LogP) is 13.2. The van der Waals surface area contributed by atoms with Gasteiger partial charge in [0.25, 0.3) is 0 Å². The first-order valence-corrected chi connectivity index (χ1v) is 21.4. The zero-order valence-corrected chi connectivity index (χ0v) is 33.1. The summed E-state index contributed by atoms with van der Waals surface area (Å²) in [6.07, 6.45) is 35.4. The molecule has 6 nitrogen and oxygen atoms in total. The first kappa shape index (κ1) is 47.4. The fourth-order valence-corrected chi connectivity index (χ4v) is 6.27. The van der Waals surface area contributed by atoms with Crippen molar-refractivity contribution in [2.24, 2.45) is 5.92 Å². The van der Waals surface area contributed by atoms with Crippen molar-refractivity contribution in [3.05, 3.63) is 0 Å². The first-order chi connectivity index (χ1) is 23.9. The Morgan fingerprint density at radius 1 is 0.388 bits per heavy atom. The molecule has 0 N–H and O–H groups in total. The van der Waals surface area contributed by atoms with Crippen LogP contribution >= 0.6 is 0 Å². The Balaban J connectivity index is 4.19. The highest BCUT2D eigenvalue weighted by atomic mass is 16.6. The molecule has 0 aromatic heterocycles. The molecule has 0 saturated carbocycles. The van der Waals surface area contributed by atoms with Crippen LogP contribution in [-0.4, -0.2) is 37.2 Å². The molecule has 0 amide bonds. The van der Waals surface area contributed by atoms with Gasteiger partial charge >= 0.3 is 17.9 Å². The van der Waals surface area contributed by atoms with Gasteiger partial charge in [0.15, 0.2) is 6.10 Å². The molecule has 290 valence electrons. The summed E-state index contributed by atoms with van der Waals surface area (Å²) in [5, 5.41) is 0. The summed E-state index contributed by atoms with van der Waals surface area (Å²) < 4.78 is 16.6. The molecule has 0 aliphatic heterocycles. The average molecular weight is 695 g/mol. The number of unbranched alkanes of at least 4 members (excludes halogenated alkanes) is 25. The van der Waals surface area contributed by atoms with Crippen molar-refractivity contribution in [2.45, 2.75) is 239 Å². The molecule has 6 heteroatoms. The topological polar surface area (TPSA) is 78.9 Å². The van der Waals surface area contributed by atoms with Crippen molar-refractivity contribution in [2.75, 3.05) is 13.2 Å². The lowest BCUT2D eigenvalue weighted by Crippen LogP contribution is -2.30. The highest BCUT2D eigenvalue weighted by molar-refractivity contribution is 5.71. The van der Waals surface area contributed by atoms with E-state index in [2.05, 4.69) is 27.7 Å². The Morgan fingerprint density at radius 3 is 1.00 bits per heavy atom. The minimum atomic E-state index is -0.756. The van der Waals surface area contributed by atoms with Crippen molar-refractivity contribution < 1.29 is 28.6 Å². The molecule has 49 heavy (non-hydrogen) atoms. The summed E-state index contributed by atoms with van der Waals surface area (Å²) in [5.41, 5.74) is 0. The van der Waals surface area contributed by atoms with E-state index in [1.807, 2.05) is 0 Å². The van der Waals surface area contributed by atoms with Crippen LogP contribution in [0.2, 0.25) is 0 Å². The number of carbonyl (C=O) groups is 3. The molecule has 0 aliphatic rings. The molecule has 0 spiro atoms. The molecule has 0 aliphatic carbocycles. The molecule has 0 radical (unpaired) electrons. The van der Waals surface area contributed by atoms with Crippen molar-refractivity contribution in [3.63, 3.8) is 0 Å². The van der Waals surface area contributed by atoms with Gasteiger partial charge in [-0.25, -0.2) is 0 Å². The highest BCUT2D eigenvalue weighted by Crippen LogP contribution is 2.16. The van der Waals surface area contributed by atoms with Gasteiger partial charge in [-0.05, 0) is 25.2 Å². The maximum absolute atomic E-state index is 12.6. The van der Waals surface area contributed by atoms with Crippen molar-refractivity contribution in [3.8, 4) is 0 Å². The predicted molar refractivity (Wildman–Crippen MR) is 206 cm³/mol. The number of rotatable bonds is 38. The van der Waals surface area contributed by atoms with Crippen LogP contribution in [-0.2, 0) is 28.6 Å². The van der Waals surface area contributed by atoms with Crippen LogP contribution in [0, 0.1) is 5.92 Å². The largest absolute Gasteiger partial charge is 0.462 e. The molecule has 0 heterocycles. The van der Waals surface area contributed by atoms with Crippen molar-refractivity contribution in [1.29, 1.82) is 0 Å². The van der Waals surface area contributed by atoms with Gasteiger partial charge in [0.2, 0.25) is 0 Å². The van der Waals surface area contributed by atoms with Gasteiger partial charge in [0.05, 0.1) is 0 Å². The summed E-state index contributed by atoms with van der Waals surface area (Å²) >= 11 is 0. The van der Waals surface area contributed by atoms with E-state index in [1.165, 1.54) is 122 Å². The summed E-state index contributed by atoms with van der Waals surface area (Å²) in [6, 6.07) is 0. The lowest BCUT2D eigenvalue weighted by atomic mass is 10.0. The number of ether oxygens (including phenoxy) is 3. The van der Waals surface area contributed by atoms with Gasteiger partial charge in [-0.15, -0.1) is 0 Å². The molecule has 0 bridgehead atoms. The van der Waals surface area contributed by atoms with E-state index in [4.69, 9.17) is 14.2 Å². The Morgan fingerprint density at radius 2 is 0.673 bits per heavy atom. The minimum Gasteiger partial charge on any atom is -0.462 e. The Bertz CT molecular complexity index is 736. The van der Waals surface area contributed by atoms with Gasteiger partial charge in [-0.3, -0.25) is 14.4 Å². The van der Waals surface area contributed by atoms with E-state index in [-0.39, 0.29) is 31.1 Å². The SMILES string of the molecule is CCCCCCCCCCCCCC(=O)O[C@@H](COC(=O)CCCCCCC)COC(=O)CCCCCCCCCCCCCCC(C)C. The molecular formula is C43H82O6. The molecule has 0 aromatic carbocycles. The van der Waals surface area contributed by atoms with Gasteiger partial charge in [-0.2, -0.15) is 0 Å². The monoisotopic (exact) mass is 695 g/mol. The van der Waals surface area contributed by atoms with Crippen molar-refractivity contribution >= 4 is 17.9 Å². The van der Waals surface area contributed by atoms with Crippen LogP contribution in [0.4, 0.5) is 0 Å². The minimum absolute atomic E-state index is 0.0651. The second-order valence-corrected chi connectivity index (χ2v) is 15.1. The van der Waals surface area contributed by atoms with E-state index in [1.54, 1.807) is 0 Å². The average Bonchev–Trinajstić information content (AvgIpc) is 3.08. The Kier molecular flexibility index (Phi) is 36.4. The zero-order valence-electron chi connectivity index (χ0n) is 33.1. The summed E-state index contributed by atoms with van der Waals surface area (Å²) in [6.45, 7) is 8.90. The fraction of sp³-hybridized carbons (Fsp3) is 0.930. The molecule has 0 fully saturated rings. The van der Waals surface area contributed by atoms with Crippen LogP contribution < -0.4 is 0 Å². The third kappa shape index (κ3) is 37.5. The summed E-state index contributed by atoms with van der Waals surface area (Å²) in [5.74, 6) is -0.0385.